The van der Waals surface area contributed by atoms with E-state index in [1.54, 1.807) is 68.6 Å². The molecule has 2 amide bonds. The lowest BCUT2D eigenvalue weighted by molar-refractivity contribution is -0.139. The van der Waals surface area contributed by atoms with E-state index in [1.807, 2.05) is 20.8 Å². The van der Waals surface area contributed by atoms with Crippen LogP contribution in [0.2, 0.25) is 5.02 Å². The average molecular weight is 572 g/mol. The van der Waals surface area contributed by atoms with Crippen molar-refractivity contribution >= 4 is 39.1 Å². The zero-order valence-corrected chi connectivity index (χ0v) is 24.3. The number of amides is 2. The van der Waals surface area contributed by atoms with Gasteiger partial charge in [-0.25, -0.2) is 8.42 Å². The van der Waals surface area contributed by atoms with Gasteiger partial charge < -0.3 is 15.0 Å². The molecule has 0 aliphatic carbocycles. The molecule has 0 aliphatic rings. The van der Waals surface area contributed by atoms with Gasteiger partial charge in [0.2, 0.25) is 11.8 Å². The van der Waals surface area contributed by atoms with Gasteiger partial charge in [0.15, 0.2) is 0 Å². The van der Waals surface area contributed by atoms with E-state index >= 15 is 0 Å². The van der Waals surface area contributed by atoms with Gasteiger partial charge >= 0.3 is 0 Å². The predicted molar refractivity (Wildman–Crippen MR) is 153 cm³/mol. The fraction of sp³-hybridized carbons (Fsp3) is 0.310. The lowest BCUT2D eigenvalue weighted by Crippen LogP contribution is -2.52. The molecule has 8 nitrogen and oxygen atoms in total. The predicted octanol–water partition coefficient (Wildman–Crippen LogP) is 4.79. The Labute approximate surface area is 235 Å². The molecule has 0 fully saturated rings. The number of halogens is 1. The Hall–Kier alpha value is -3.56. The van der Waals surface area contributed by atoms with Crippen LogP contribution in [0.15, 0.2) is 77.7 Å². The number of anilines is 1. The Bertz CT molecular complexity index is 1390. The number of benzene rings is 3. The van der Waals surface area contributed by atoms with Crippen molar-refractivity contribution in [3.8, 4) is 5.75 Å². The molecule has 0 aliphatic heterocycles. The minimum Gasteiger partial charge on any atom is -0.497 e. The van der Waals surface area contributed by atoms with E-state index in [4.69, 9.17) is 16.3 Å². The highest BCUT2D eigenvalue weighted by Gasteiger charge is 2.32. The minimum atomic E-state index is -4.15. The van der Waals surface area contributed by atoms with E-state index in [2.05, 4.69) is 5.32 Å². The molecule has 0 bridgehead atoms. The smallest absolute Gasteiger partial charge is 0.264 e. The number of aryl methyl sites for hydroxylation is 1. The van der Waals surface area contributed by atoms with Crippen molar-refractivity contribution in [3.63, 3.8) is 0 Å². The van der Waals surface area contributed by atoms with Crippen LogP contribution in [0.4, 0.5) is 5.69 Å². The second-order valence-corrected chi connectivity index (χ2v) is 11.8. The van der Waals surface area contributed by atoms with Gasteiger partial charge in [-0.3, -0.25) is 13.9 Å². The summed E-state index contributed by atoms with van der Waals surface area (Å²) in [6.07, 6.45) is 0. The number of rotatable bonds is 11. The van der Waals surface area contributed by atoms with Gasteiger partial charge in [-0.05, 0) is 75.7 Å². The molecule has 3 aromatic rings. The summed E-state index contributed by atoms with van der Waals surface area (Å²) in [4.78, 5) is 28.3. The molecule has 0 heterocycles. The number of nitrogens with zero attached hydrogens (tertiary/aromatic N) is 2. The molecule has 1 unspecified atom stereocenters. The quantitative estimate of drug-likeness (QED) is 0.357. The molecule has 10 heteroatoms. The van der Waals surface area contributed by atoms with Crippen molar-refractivity contribution in [1.29, 1.82) is 0 Å². The standard InChI is InChI=1S/C29H34ClN3O5S/c1-20(2)31-29(35)22(4)32(18-23-11-13-26(38-5)14-12-23)28(34)19-33(25-8-6-7-24(30)17-25)39(36,37)27-15-9-21(3)10-16-27/h6-17,20,22H,18-19H2,1-5H3,(H,31,35). The molecule has 39 heavy (non-hydrogen) atoms. The molecule has 0 saturated heterocycles. The topological polar surface area (TPSA) is 96.0 Å². The van der Waals surface area contributed by atoms with Crippen molar-refractivity contribution in [3.05, 3.63) is 88.9 Å². The number of sulfonamides is 1. The summed E-state index contributed by atoms with van der Waals surface area (Å²) in [6, 6.07) is 18.8. The van der Waals surface area contributed by atoms with Gasteiger partial charge in [0.1, 0.15) is 18.3 Å². The molecule has 3 rings (SSSR count). The van der Waals surface area contributed by atoms with Crippen molar-refractivity contribution in [1.82, 2.24) is 10.2 Å². The Morgan fingerprint density at radius 3 is 2.18 bits per heavy atom. The van der Waals surface area contributed by atoms with Crippen LogP contribution in [-0.2, 0) is 26.2 Å². The van der Waals surface area contributed by atoms with Gasteiger partial charge in [-0.1, -0.05) is 47.5 Å². The summed E-state index contributed by atoms with van der Waals surface area (Å²) >= 11 is 6.20. The van der Waals surface area contributed by atoms with Crippen LogP contribution in [0, 0.1) is 6.92 Å². The van der Waals surface area contributed by atoms with Crippen LogP contribution in [-0.4, -0.2) is 50.9 Å². The highest BCUT2D eigenvalue weighted by Crippen LogP contribution is 2.27. The Balaban J connectivity index is 2.02. The van der Waals surface area contributed by atoms with Gasteiger partial charge in [0, 0.05) is 17.6 Å². The number of hydrogen-bond acceptors (Lipinski definition) is 5. The third-order valence-electron chi connectivity index (χ3n) is 6.09. The molecule has 1 atom stereocenters. The number of nitrogens with one attached hydrogen (secondary N) is 1. The first-order valence-corrected chi connectivity index (χ1v) is 14.3. The van der Waals surface area contributed by atoms with Gasteiger partial charge in [0.05, 0.1) is 17.7 Å². The van der Waals surface area contributed by atoms with Crippen LogP contribution in [0.1, 0.15) is 31.9 Å². The van der Waals surface area contributed by atoms with Crippen LogP contribution in [0.3, 0.4) is 0 Å². The lowest BCUT2D eigenvalue weighted by atomic mass is 10.1. The van der Waals surface area contributed by atoms with Crippen LogP contribution >= 0.6 is 11.6 Å². The molecule has 1 N–H and O–H groups in total. The molecule has 0 saturated carbocycles. The molecular formula is C29H34ClN3O5S. The summed E-state index contributed by atoms with van der Waals surface area (Å²) in [5.74, 6) is -0.242. The number of carbonyl (C=O) groups excluding carboxylic acids is 2. The second kappa shape index (κ2) is 13.0. The maximum atomic E-state index is 13.9. The number of hydrogen-bond donors (Lipinski definition) is 1. The SMILES string of the molecule is COc1ccc(CN(C(=O)CN(c2cccc(Cl)c2)S(=O)(=O)c2ccc(C)cc2)C(C)C(=O)NC(C)C)cc1. The minimum absolute atomic E-state index is 0.0354. The summed E-state index contributed by atoms with van der Waals surface area (Å²) in [5.41, 5.74) is 1.89. The summed E-state index contributed by atoms with van der Waals surface area (Å²) in [5, 5.41) is 3.16. The maximum Gasteiger partial charge on any atom is 0.264 e. The summed E-state index contributed by atoms with van der Waals surface area (Å²) in [7, 11) is -2.60. The summed E-state index contributed by atoms with van der Waals surface area (Å²) in [6.45, 7) is 6.69. The molecule has 208 valence electrons. The second-order valence-electron chi connectivity index (χ2n) is 9.51. The van der Waals surface area contributed by atoms with Gasteiger partial charge in [-0.2, -0.15) is 0 Å². The Kier molecular flexibility index (Phi) is 9.99. The number of ether oxygens (including phenoxy) is 1. The molecular weight excluding hydrogens is 538 g/mol. The highest BCUT2D eigenvalue weighted by atomic mass is 35.5. The summed E-state index contributed by atoms with van der Waals surface area (Å²) < 4.78 is 33.9. The van der Waals surface area contributed by atoms with Crippen LogP contribution in [0.5, 0.6) is 5.75 Å². The first-order chi connectivity index (χ1) is 18.4. The highest BCUT2D eigenvalue weighted by molar-refractivity contribution is 7.92. The monoisotopic (exact) mass is 571 g/mol. The van der Waals surface area contributed by atoms with Gasteiger partial charge in [0.25, 0.3) is 10.0 Å². The fourth-order valence-electron chi connectivity index (χ4n) is 3.91. The van der Waals surface area contributed by atoms with Crippen LogP contribution < -0.4 is 14.4 Å². The van der Waals surface area contributed by atoms with Crippen molar-refractivity contribution in [2.45, 2.75) is 51.2 Å². The van der Waals surface area contributed by atoms with Gasteiger partial charge in [-0.15, -0.1) is 0 Å². The maximum absolute atomic E-state index is 13.9. The first kappa shape index (κ1) is 30.0. The van der Waals surface area contributed by atoms with E-state index < -0.39 is 28.5 Å². The third-order valence-corrected chi connectivity index (χ3v) is 8.12. The number of carbonyl (C=O) groups is 2. The van der Waals surface area contributed by atoms with E-state index in [-0.39, 0.29) is 29.1 Å². The third kappa shape index (κ3) is 7.74. The van der Waals surface area contributed by atoms with Crippen molar-refractivity contribution in [2.24, 2.45) is 0 Å². The molecule has 0 radical (unpaired) electrons. The largest absolute Gasteiger partial charge is 0.497 e. The average Bonchev–Trinajstić information content (AvgIpc) is 2.90. The van der Waals surface area contributed by atoms with Crippen molar-refractivity contribution < 1.29 is 22.7 Å². The van der Waals surface area contributed by atoms with E-state index in [0.717, 1.165) is 15.4 Å². The zero-order valence-electron chi connectivity index (χ0n) is 22.7. The van der Waals surface area contributed by atoms with E-state index in [1.165, 1.54) is 23.1 Å². The van der Waals surface area contributed by atoms with Crippen LogP contribution in [0.25, 0.3) is 0 Å². The number of methoxy groups -OCH3 is 1. The normalized spacial score (nSPS) is 12.1. The van der Waals surface area contributed by atoms with E-state index in [0.29, 0.717) is 10.8 Å². The molecule has 0 spiro atoms. The fourth-order valence-corrected chi connectivity index (χ4v) is 5.50. The first-order valence-electron chi connectivity index (χ1n) is 12.5. The molecule has 0 aromatic heterocycles. The van der Waals surface area contributed by atoms with Crippen molar-refractivity contribution in [2.75, 3.05) is 18.0 Å². The lowest BCUT2D eigenvalue weighted by Gasteiger charge is -2.32. The Morgan fingerprint density at radius 1 is 0.974 bits per heavy atom. The molecule has 3 aromatic carbocycles. The zero-order chi connectivity index (χ0) is 28.7. The van der Waals surface area contributed by atoms with E-state index in [9.17, 15) is 18.0 Å². The Morgan fingerprint density at radius 2 is 1.62 bits per heavy atom.